The molecule has 1 aromatic rings. The van der Waals surface area contributed by atoms with E-state index in [2.05, 4.69) is 16.0 Å². The van der Waals surface area contributed by atoms with Crippen LogP contribution >= 0.6 is 0 Å². The maximum absolute atomic E-state index is 9.21. The van der Waals surface area contributed by atoms with Gasteiger partial charge >= 0.3 is 0 Å². The van der Waals surface area contributed by atoms with E-state index in [4.69, 9.17) is 0 Å². The van der Waals surface area contributed by atoms with Crippen molar-refractivity contribution in [3.05, 3.63) is 23.8 Å². The fourth-order valence-corrected chi connectivity index (χ4v) is 2.00. The number of hydrogen-bond donors (Lipinski definition) is 0. The highest BCUT2D eigenvalue weighted by atomic mass is 14.9. The number of aromatic nitrogens is 2. The maximum Gasteiger partial charge on any atom is 0.148 e. The zero-order valence-electron chi connectivity index (χ0n) is 8.32. The van der Waals surface area contributed by atoms with Crippen LogP contribution < -0.4 is 0 Å². The van der Waals surface area contributed by atoms with Crippen molar-refractivity contribution in [1.82, 2.24) is 9.97 Å². The first kappa shape index (κ1) is 9.14. The second kappa shape index (κ2) is 3.38. The first-order valence-electron chi connectivity index (χ1n) is 4.97. The van der Waals surface area contributed by atoms with E-state index >= 15 is 0 Å². The van der Waals surface area contributed by atoms with Gasteiger partial charge in [0.05, 0.1) is 6.07 Å². The Morgan fingerprint density at radius 3 is 2.36 bits per heavy atom. The normalized spacial score (nSPS) is 19.1. The quantitative estimate of drug-likeness (QED) is 0.676. The van der Waals surface area contributed by atoms with Crippen LogP contribution in [0.5, 0.6) is 0 Å². The minimum absolute atomic E-state index is 0.395. The molecule has 0 atom stereocenters. The smallest absolute Gasteiger partial charge is 0.148 e. The molecule has 1 aromatic heterocycles. The van der Waals surface area contributed by atoms with Crippen molar-refractivity contribution in [2.75, 3.05) is 0 Å². The molecular weight excluding hydrogens is 174 g/mol. The van der Waals surface area contributed by atoms with Gasteiger partial charge in [0.15, 0.2) is 0 Å². The Morgan fingerprint density at radius 1 is 1.29 bits per heavy atom. The lowest BCUT2D eigenvalue weighted by Crippen LogP contribution is -2.22. The summed E-state index contributed by atoms with van der Waals surface area (Å²) in [5.41, 5.74) is 0.646. The molecule has 0 amide bonds. The second-order valence-electron chi connectivity index (χ2n) is 3.99. The van der Waals surface area contributed by atoms with Crippen LogP contribution in [0.2, 0.25) is 0 Å². The second-order valence-corrected chi connectivity index (χ2v) is 3.99. The van der Waals surface area contributed by atoms with E-state index in [1.807, 2.05) is 6.92 Å². The number of aryl methyl sites for hydroxylation is 1. The standard InChI is InChI=1S/C11H13N3/c1-9-6-13-10(14-7-9)11(8-12)4-2-3-5-11/h6-7H,2-5H2,1H3. The SMILES string of the molecule is Cc1cnc(C2(C#N)CCCC2)nc1. The Morgan fingerprint density at radius 2 is 1.86 bits per heavy atom. The van der Waals surface area contributed by atoms with Gasteiger partial charge in [-0.15, -0.1) is 0 Å². The molecule has 2 rings (SSSR count). The molecule has 1 saturated carbocycles. The molecule has 1 heterocycles. The van der Waals surface area contributed by atoms with E-state index in [1.54, 1.807) is 12.4 Å². The van der Waals surface area contributed by atoms with Crippen molar-refractivity contribution in [2.45, 2.75) is 38.0 Å². The molecule has 14 heavy (non-hydrogen) atoms. The van der Waals surface area contributed by atoms with Crippen LogP contribution in [0.4, 0.5) is 0 Å². The average Bonchev–Trinajstić information content (AvgIpc) is 2.68. The molecule has 1 aliphatic rings. The van der Waals surface area contributed by atoms with Crippen molar-refractivity contribution in [3.63, 3.8) is 0 Å². The van der Waals surface area contributed by atoms with Crippen molar-refractivity contribution in [3.8, 4) is 6.07 Å². The number of nitrogens with zero attached hydrogens (tertiary/aromatic N) is 3. The van der Waals surface area contributed by atoms with Crippen LogP contribution in [-0.4, -0.2) is 9.97 Å². The molecule has 0 saturated heterocycles. The summed E-state index contributed by atoms with van der Waals surface area (Å²) in [6.45, 7) is 1.96. The lowest BCUT2D eigenvalue weighted by Gasteiger charge is -2.17. The summed E-state index contributed by atoms with van der Waals surface area (Å²) in [5, 5.41) is 9.21. The average molecular weight is 187 g/mol. The molecule has 1 fully saturated rings. The molecule has 3 heteroatoms. The molecule has 0 spiro atoms. The summed E-state index contributed by atoms with van der Waals surface area (Å²) in [4.78, 5) is 8.54. The Hall–Kier alpha value is -1.43. The van der Waals surface area contributed by atoms with Crippen LogP contribution in [0.15, 0.2) is 12.4 Å². The zero-order chi connectivity index (χ0) is 10.0. The largest absolute Gasteiger partial charge is 0.239 e. The molecule has 0 aliphatic heterocycles. The van der Waals surface area contributed by atoms with Gasteiger partial charge in [-0.05, 0) is 25.3 Å². The van der Waals surface area contributed by atoms with E-state index in [1.165, 1.54) is 0 Å². The third kappa shape index (κ3) is 1.37. The van der Waals surface area contributed by atoms with Crippen molar-refractivity contribution >= 4 is 0 Å². The third-order valence-electron chi connectivity index (χ3n) is 2.88. The molecular formula is C11H13N3. The highest BCUT2D eigenvalue weighted by molar-refractivity contribution is 5.23. The van der Waals surface area contributed by atoms with Gasteiger partial charge in [0.2, 0.25) is 0 Å². The number of hydrogen-bond acceptors (Lipinski definition) is 3. The van der Waals surface area contributed by atoms with Gasteiger partial charge in [-0.25, -0.2) is 9.97 Å². The van der Waals surface area contributed by atoms with Gasteiger partial charge in [0.1, 0.15) is 11.2 Å². The summed E-state index contributed by atoms with van der Waals surface area (Å²) in [6.07, 6.45) is 7.63. The van der Waals surface area contributed by atoms with Crippen molar-refractivity contribution in [1.29, 1.82) is 5.26 Å². The highest BCUT2D eigenvalue weighted by Crippen LogP contribution is 2.38. The van der Waals surface area contributed by atoms with E-state index < -0.39 is 5.41 Å². The van der Waals surface area contributed by atoms with Gasteiger partial charge in [-0.3, -0.25) is 0 Å². The van der Waals surface area contributed by atoms with Crippen LogP contribution in [0, 0.1) is 18.3 Å². The number of nitriles is 1. The van der Waals surface area contributed by atoms with Gasteiger partial charge in [-0.2, -0.15) is 5.26 Å². The summed E-state index contributed by atoms with van der Waals surface area (Å²) in [6, 6.07) is 2.39. The van der Waals surface area contributed by atoms with Gasteiger partial charge in [-0.1, -0.05) is 12.8 Å². The maximum atomic E-state index is 9.21. The molecule has 0 aromatic carbocycles. The minimum atomic E-state index is -0.395. The fourth-order valence-electron chi connectivity index (χ4n) is 2.00. The van der Waals surface area contributed by atoms with E-state index in [9.17, 15) is 5.26 Å². The van der Waals surface area contributed by atoms with Gasteiger partial charge < -0.3 is 0 Å². The molecule has 0 N–H and O–H groups in total. The van der Waals surface area contributed by atoms with Crippen molar-refractivity contribution < 1.29 is 0 Å². The predicted molar refractivity (Wildman–Crippen MR) is 52.5 cm³/mol. The Bertz CT molecular complexity index is 355. The molecule has 0 unspecified atom stereocenters. The molecule has 1 aliphatic carbocycles. The minimum Gasteiger partial charge on any atom is -0.239 e. The summed E-state index contributed by atoms with van der Waals surface area (Å²) in [7, 11) is 0. The summed E-state index contributed by atoms with van der Waals surface area (Å²) >= 11 is 0. The number of rotatable bonds is 1. The summed E-state index contributed by atoms with van der Waals surface area (Å²) in [5.74, 6) is 0.711. The first-order chi connectivity index (χ1) is 6.77. The van der Waals surface area contributed by atoms with E-state index in [-0.39, 0.29) is 0 Å². The molecule has 0 bridgehead atoms. The van der Waals surface area contributed by atoms with E-state index in [0.29, 0.717) is 5.82 Å². The lowest BCUT2D eigenvalue weighted by atomic mass is 9.87. The van der Waals surface area contributed by atoms with Crippen LogP contribution in [0.3, 0.4) is 0 Å². The Balaban J connectivity index is 2.37. The Kier molecular flexibility index (Phi) is 2.20. The van der Waals surface area contributed by atoms with Crippen LogP contribution in [-0.2, 0) is 5.41 Å². The third-order valence-corrected chi connectivity index (χ3v) is 2.88. The lowest BCUT2D eigenvalue weighted by molar-refractivity contribution is 0.532. The van der Waals surface area contributed by atoms with Crippen LogP contribution in [0.1, 0.15) is 37.1 Å². The first-order valence-corrected chi connectivity index (χ1v) is 4.97. The monoisotopic (exact) mass is 187 g/mol. The molecule has 72 valence electrons. The topological polar surface area (TPSA) is 49.6 Å². The summed E-state index contributed by atoms with van der Waals surface area (Å²) < 4.78 is 0. The van der Waals surface area contributed by atoms with E-state index in [0.717, 1.165) is 31.2 Å². The molecule has 3 nitrogen and oxygen atoms in total. The fraction of sp³-hybridized carbons (Fsp3) is 0.545. The van der Waals surface area contributed by atoms with Gasteiger partial charge in [0.25, 0.3) is 0 Å². The predicted octanol–water partition coefficient (Wildman–Crippen LogP) is 2.12. The van der Waals surface area contributed by atoms with Crippen molar-refractivity contribution in [2.24, 2.45) is 0 Å². The zero-order valence-corrected chi connectivity index (χ0v) is 8.32. The highest BCUT2D eigenvalue weighted by Gasteiger charge is 2.38. The Labute approximate surface area is 83.8 Å². The van der Waals surface area contributed by atoms with Gasteiger partial charge in [0, 0.05) is 12.4 Å². The van der Waals surface area contributed by atoms with Crippen LogP contribution in [0.25, 0.3) is 0 Å². The molecule has 0 radical (unpaired) electrons.